The first-order chi connectivity index (χ1) is 5.77. The molecule has 2 rings (SSSR count). The summed E-state index contributed by atoms with van der Waals surface area (Å²) in [5.74, 6) is 0.0660. The summed E-state index contributed by atoms with van der Waals surface area (Å²) in [5, 5.41) is 2.82. The number of benzene rings is 1. The van der Waals surface area contributed by atoms with Gasteiger partial charge < -0.3 is 5.32 Å². The average molecular weight is 198 g/mol. The lowest BCUT2D eigenvalue weighted by molar-refractivity contribution is 0.0946. The molecule has 1 aromatic rings. The number of aryl methyl sites for hydroxylation is 1. The number of fused-ring (bicyclic) bond motifs is 1. The fourth-order valence-corrected chi connectivity index (χ4v) is 1.56. The van der Waals surface area contributed by atoms with Crippen molar-refractivity contribution in [1.82, 2.24) is 5.32 Å². The van der Waals surface area contributed by atoms with Crippen LogP contribution in [0, 0.1) is 6.92 Å². The zero-order valence-corrected chi connectivity index (χ0v) is 8.28. The predicted molar refractivity (Wildman–Crippen MR) is 54.5 cm³/mol. The maximum atomic E-state index is 11.3. The van der Waals surface area contributed by atoms with Gasteiger partial charge in [0.05, 0.1) is 0 Å². The third kappa shape index (κ3) is 1.83. The molecule has 0 atom stereocenters. The van der Waals surface area contributed by atoms with Gasteiger partial charge in [-0.3, -0.25) is 4.79 Å². The molecular weight excluding hydrogens is 186 g/mol. The number of carbonyl (C=O) groups excluding carboxylic acids is 1. The van der Waals surface area contributed by atoms with Gasteiger partial charge >= 0.3 is 0 Å². The van der Waals surface area contributed by atoms with E-state index in [0.29, 0.717) is 0 Å². The summed E-state index contributed by atoms with van der Waals surface area (Å²) in [6.45, 7) is 2.82. The molecule has 0 radical (unpaired) electrons. The van der Waals surface area contributed by atoms with Crippen LogP contribution in [-0.2, 0) is 6.42 Å². The maximum Gasteiger partial charge on any atom is 0.251 e. The third-order valence-corrected chi connectivity index (χ3v) is 2.19. The quantitative estimate of drug-likeness (QED) is 0.674. The molecule has 0 saturated heterocycles. The molecule has 0 spiro atoms. The number of nitrogens with one attached hydrogen (secondary N) is 1. The molecule has 0 aliphatic carbocycles. The van der Waals surface area contributed by atoms with E-state index >= 15 is 0 Å². The Bertz CT molecular complexity index is 336. The van der Waals surface area contributed by atoms with E-state index in [-0.39, 0.29) is 18.3 Å². The number of carbonyl (C=O) groups is 1. The maximum absolute atomic E-state index is 11.3. The molecule has 2 nitrogen and oxygen atoms in total. The van der Waals surface area contributed by atoms with Gasteiger partial charge in [-0.25, -0.2) is 0 Å². The van der Waals surface area contributed by atoms with Gasteiger partial charge in [-0.2, -0.15) is 0 Å². The Morgan fingerprint density at radius 2 is 2.15 bits per heavy atom. The van der Waals surface area contributed by atoms with Crippen molar-refractivity contribution >= 4 is 18.3 Å². The molecule has 0 bridgehead atoms. The van der Waals surface area contributed by atoms with E-state index < -0.39 is 0 Å². The molecule has 0 fully saturated rings. The highest BCUT2D eigenvalue weighted by Gasteiger charge is 2.15. The van der Waals surface area contributed by atoms with Gasteiger partial charge in [0.1, 0.15) is 0 Å². The normalized spacial score (nSPS) is 14.1. The van der Waals surface area contributed by atoms with Crippen LogP contribution in [0.3, 0.4) is 0 Å². The van der Waals surface area contributed by atoms with Gasteiger partial charge in [0.2, 0.25) is 0 Å². The Morgan fingerprint density at radius 1 is 1.38 bits per heavy atom. The fourth-order valence-electron chi connectivity index (χ4n) is 1.56. The Labute approximate surface area is 83.7 Å². The van der Waals surface area contributed by atoms with Crippen molar-refractivity contribution in [3.05, 3.63) is 34.9 Å². The average Bonchev–Trinajstić information content (AvgIpc) is 2.04. The molecule has 0 aromatic heterocycles. The minimum Gasteiger partial charge on any atom is -0.352 e. The molecule has 1 amide bonds. The molecule has 0 saturated carbocycles. The van der Waals surface area contributed by atoms with E-state index in [9.17, 15) is 4.79 Å². The van der Waals surface area contributed by atoms with Crippen LogP contribution in [0.2, 0.25) is 0 Å². The van der Waals surface area contributed by atoms with E-state index in [2.05, 4.69) is 11.4 Å². The fraction of sp³-hybridized carbons (Fsp3) is 0.300. The van der Waals surface area contributed by atoms with E-state index in [1.54, 1.807) is 0 Å². The highest BCUT2D eigenvalue weighted by atomic mass is 35.5. The van der Waals surface area contributed by atoms with Crippen LogP contribution in [0.5, 0.6) is 0 Å². The van der Waals surface area contributed by atoms with Crippen LogP contribution < -0.4 is 5.32 Å². The summed E-state index contributed by atoms with van der Waals surface area (Å²) >= 11 is 0. The van der Waals surface area contributed by atoms with E-state index in [1.165, 1.54) is 11.1 Å². The van der Waals surface area contributed by atoms with Crippen LogP contribution >= 0.6 is 12.4 Å². The number of hydrogen-bond donors (Lipinski definition) is 1. The second-order valence-electron chi connectivity index (χ2n) is 3.17. The lowest BCUT2D eigenvalue weighted by atomic mass is 9.98. The molecule has 70 valence electrons. The van der Waals surface area contributed by atoms with Crippen LogP contribution in [0.4, 0.5) is 0 Å². The SMILES string of the molecule is Cc1ccc2c(c1)CCNC2=O.Cl. The minimum absolute atomic E-state index is 0. The van der Waals surface area contributed by atoms with Gasteiger partial charge in [-0.1, -0.05) is 17.7 Å². The first-order valence-electron chi connectivity index (χ1n) is 4.15. The van der Waals surface area contributed by atoms with E-state index in [0.717, 1.165) is 18.5 Å². The Morgan fingerprint density at radius 3 is 2.92 bits per heavy atom. The summed E-state index contributed by atoms with van der Waals surface area (Å²) < 4.78 is 0. The standard InChI is InChI=1S/C10H11NO.ClH/c1-7-2-3-9-8(6-7)4-5-11-10(9)12;/h2-3,6H,4-5H2,1H3,(H,11,12);1H. The molecule has 1 aromatic carbocycles. The number of amides is 1. The van der Waals surface area contributed by atoms with Crippen molar-refractivity contribution in [2.45, 2.75) is 13.3 Å². The van der Waals surface area contributed by atoms with E-state index in [4.69, 9.17) is 0 Å². The Kier molecular flexibility index (Phi) is 2.94. The first kappa shape index (κ1) is 10.1. The highest BCUT2D eigenvalue weighted by molar-refractivity contribution is 5.96. The van der Waals surface area contributed by atoms with Crippen LogP contribution in [0.25, 0.3) is 0 Å². The van der Waals surface area contributed by atoms with Gasteiger partial charge in [0.15, 0.2) is 0 Å². The monoisotopic (exact) mass is 197 g/mol. The first-order valence-corrected chi connectivity index (χ1v) is 4.15. The number of rotatable bonds is 0. The summed E-state index contributed by atoms with van der Waals surface area (Å²) in [4.78, 5) is 11.3. The molecule has 1 heterocycles. The summed E-state index contributed by atoms with van der Waals surface area (Å²) in [6.07, 6.45) is 0.961. The smallest absolute Gasteiger partial charge is 0.251 e. The number of halogens is 1. The van der Waals surface area contributed by atoms with Crippen molar-refractivity contribution in [2.24, 2.45) is 0 Å². The molecular formula is C10H12ClNO. The molecule has 1 N–H and O–H groups in total. The van der Waals surface area contributed by atoms with Gasteiger partial charge in [-0.05, 0) is 25.0 Å². The van der Waals surface area contributed by atoms with Crippen LogP contribution in [-0.4, -0.2) is 12.5 Å². The zero-order chi connectivity index (χ0) is 8.55. The predicted octanol–water partition coefficient (Wildman–Crippen LogP) is 1.70. The van der Waals surface area contributed by atoms with Crippen molar-refractivity contribution in [2.75, 3.05) is 6.54 Å². The van der Waals surface area contributed by atoms with Crippen molar-refractivity contribution in [3.8, 4) is 0 Å². The summed E-state index contributed by atoms with van der Waals surface area (Å²) in [7, 11) is 0. The number of hydrogen-bond acceptors (Lipinski definition) is 1. The van der Waals surface area contributed by atoms with Gasteiger partial charge in [0, 0.05) is 12.1 Å². The summed E-state index contributed by atoms with van der Waals surface area (Å²) in [5.41, 5.74) is 3.24. The van der Waals surface area contributed by atoms with Crippen molar-refractivity contribution in [1.29, 1.82) is 0 Å². The largest absolute Gasteiger partial charge is 0.352 e. The lowest BCUT2D eigenvalue weighted by Gasteiger charge is -2.16. The molecule has 1 aliphatic rings. The minimum atomic E-state index is 0. The zero-order valence-electron chi connectivity index (χ0n) is 7.46. The molecule has 3 heteroatoms. The van der Waals surface area contributed by atoms with Gasteiger partial charge in [-0.15, -0.1) is 12.4 Å². The van der Waals surface area contributed by atoms with Gasteiger partial charge in [0.25, 0.3) is 5.91 Å². The lowest BCUT2D eigenvalue weighted by Crippen LogP contribution is -2.31. The highest BCUT2D eigenvalue weighted by Crippen LogP contribution is 2.14. The van der Waals surface area contributed by atoms with Crippen molar-refractivity contribution in [3.63, 3.8) is 0 Å². The second-order valence-corrected chi connectivity index (χ2v) is 3.17. The molecule has 13 heavy (non-hydrogen) atoms. The van der Waals surface area contributed by atoms with Crippen LogP contribution in [0.1, 0.15) is 21.5 Å². The third-order valence-electron chi connectivity index (χ3n) is 2.19. The van der Waals surface area contributed by atoms with Crippen LogP contribution in [0.15, 0.2) is 18.2 Å². The second kappa shape index (κ2) is 3.79. The molecule has 1 aliphatic heterocycles. The summed E-state index contributed by atoms with van der Waals surface area (Å²) in [6, 6.07) is 5.97. The van der Waals surface area contributed by atoms with E-state index in [1.807, 2.05) is 19.1 Å². The Hall–Kier alpha value is -1.02. The Balaban J connectivity index is 0.000000845. The molecule has 0 unspecified atom stereocenters. The topological polar surface area (TPSA) is 29.1 Å². The van der Waals surface area contributed by atoms with Crippen molar-refractivity contribution < 1.29 is 4.79 Å².